The third kappa shape index (κ3) is 6.21. The maximum atomic E-state index is 11.9. The van der Waals surface area contributed by atoms with E-state index in [1.807, 2.05) is 20.8 Å². The topological polar surface area (TPSA) is 76.7 Å². The summed E-state index contributed by atoms with van der Waals surface area (Å²) in [5.41, 5.74) is 1.25. The predicted molar refractivity (Wildman–Crippen MR) is 99.4 cm³/mol. The molecule has 0 saturated carbocycles. The lowest BCUT2D eigenvalue weighted by Gasteiger charge is -2.23. The van der Waals surface area contributed by atoms with Gasteiger partial charge >= 0.3 is 0 Å². The quantitative estimate of drug-likeness (QED) is 0.336. The smallest absolute Gasteiger partial charge is 0.250 e. The summed E-state index contributed by atoms with van der Waals surface area (Å²) in [6.07, 6.45) is 5.64. The van der Waals surface area contributed by atoms with Gasteiger partial charge in [0, 0.05) is 24.7 Å². The number of aryl methyl sites for hydroxylation is 1. The molecule has 0 saturated heterocycles. The number of hydrogen-bond acceptors (Lipinski definition) is 5. The summed E-state index contributed by atoms with van der Waals surface area (Å²) >= 11 is 0. The first-order valence-electron chi connectivity index (χ1n) is 8.52. The first-order valence-corrected chi connectivity index (χ1v) is 8.52. The van der Waals surface area contributed by atoms with E-state index < -0.39 is 0 Å². The highest BCUT2D eigenvalue weighted by Crippen LogP contribution is 2.30. The van der Waals surface area contributed by atoms with E-state index in [1.54, 1.807) is 25.4 Å². The molecule has 6 heteroatoms. The molecule has 0 aromatic carbocycles. The van der Waals surface area contributed by atoms with E-state index in [2.05, 4.69) is 35.9 Å². The summed E-state index contributed by atoms with van der Waals surface area (Å²) < 4.78 is 11.2. The minimum atomic E-state index is -0.225. The number of hydrogen-bond donors (Lipinski definition) is 1. The first-order chi connectivity index (χ1) is 11.8. The minimum absolute atomic E-state index is 0.0552. The second-order valence-electron chi connectivity index (χ2n) is 6.31. The Labute approximate surface area is 150 Å². The van der Waals surface area contributed by atoms with Crippen molar-refractivity contribution in [2.75, 3.05) is 7.05 Å². The molecule has 138 valence electrons. The largest absolute Gasteiger partial charge is 0.469 e. The van der Waals surface area contributed by atoms with E-state index in [4.69, 9.17) is 9.26 Å². The maximum Gasteiger partial charge on any atom is 0.250 e. The number of aromatic nitrogens is 1. The fraction of sp³-hybridized carbons (Fsp3) is 0.526. The van der Waals surface area contributed by atoms with Crippen molar-refractivity contribution in [3.63, 3.8) is 0 Å². The van der Waals surface area contributed by atoms with Crippen molar-refractivity contribution >= 4 is 11.8 Å². The van der Waals surface area contributed by atoms with Gasteiger partial charge in [0.1, 0.15) is 11.9 Å². The van der Waals surface area contributed by atoms with Crippen LogP contribution in [0.25, 0.3) is 0 Å². The van der Waals surface area contributed by atoms with Crippen LogP contribution >= 0.6 is 0 Å². The zero-order valence-corrected chi connectivity index (χ0v) is 16.0. The summed E-state index contributed by atoms with van der Waals surface area (Å²) in [7, 11) is 1.64. The number of ether oxygens (including phenoxy) is 1. The fourth-order valence-electron chi connectivity index (χ4n) is 2.18. The Morgan fingerprint density at radius 1 is 1.44 bits per heavy atom. The van der Waals surface area contributed by atoms with Gasteiger partial charge in [-0.3, -0.25) is 9.79 Å². The molecule has 1 rings (SSSR count). The van der Waals surface area contributed by atoms with E-state index in [0.29, 0.717) is 11.5 Å². The molecule has 1 aromatic heterocycles. The molecule has 0 aliphatic carbocycles. The van der Waals surface area contributed by atoms with Crippen molar-refractivity contribution in [1.29, 1.82) is 0 Å². The van der Waals surface area contributed by atoms with Crippen LogP contribution < -0.4 is 5.32 Å². The van der Waals surface area contributed by atoms with Crippen molar-refractivity contribution in [3.05, 3.63) is 41.8 Å². The van der Waals surface area contributed by atoms with Crippen LogP contribution in [-0.2, 0) is 9.53 Å². The predicted octanol–water partition coefficient (Wildman–Crippen LogP) is 3.75. The molecular weight excluding hydrogens is 318 g/mol. The Morgan fingerprint density at radius 3 is 2.60 bits per heavy atom. The van der Waals surface area contributed by atoms with Gasteiger partial charge in [0.2, 0.25) is 5.90 Å². The summed E-state index contributed by atoms with van der Waals surface area (Å²) in [4.78, 5) is 16.1. The molecule has 0 spiro atoms. The monoisotopic (exact) mass is 347 g/mol. The number of aliphatic imine (C=N–C) groups is 1. The molecule has 2 unspecified atom stereocenters. The lowest BCUT2D eigenvalue weighted by atomic mass is 9.96. The van der Waals surface area contributed by atoms with Gasteiger partial charge in [-0.2, -0.15) is 0 Å². The third-order valence-electron chi connectivity index (χ3n) is 3.86. The number of amides is 1. The van der Waals surface area contributed by atoms with E-state index in [1.165, 1.54) is 0 Å². The first kappa shape index (κ1) is 20.7. The van der Waals surface area contributed by atoms with Gasteiger partial charge < -0.3 is 14.6 Å². The summed E-state index contributed by atoms with van der Waals surface area (Å²) in [5, 5.41) is 6.63. The molecule has 1 aromatic rings. The molecule has 6 nitrogen and oxygen atoms in total. The molecule has 1 N–H and O–H groups in total. The Balaban J connectivity index is 2.88. The summed E-state index contributed by atoms with van der Waals surface area (Å²) in [6, 6.07) is 0.0552. The maximum absolute atomic E-state index is 11.9. The van der Waals surface area contributed by atoms with E-state index in [0.717, 1.165) is 17.7 Å². The average molecular weight is 347 g/mol. The van der Waals surface area contributed by atoms with Crippen molar-refractivity contribution < 1.29 is 14.1 Å². The van der Waals surface area contributed by atoms with Gasteiger partial charge in [-0.25, -0.2) is 0 Å². The Hall–Kier alpha value is -2.37. The highest BCUT2D eigenvalue weighted by molar-refractivity contribution is 5.98. The van der Waals surface area contributed by atoms with E-state index >= 15 is 0 Å². The van der Waals surface area contributed by atoms with Crippen LogP contribution in [0.1, 0.15) is 51.5 Å². The van der Waals surface area contributed by atoms with Gasteiger partial charge in [-0.05, 0) is 39.2 Å². The highest BCUT2D eigenvalue weighted by atomic mass is 16.5. The molecule has 25 heavy (non-hydrogen) atoms. The number of carbonyl (C=O) groups is 1. The Kier molecular flexibility index (Phi) is 8.11. The van der Waals surface area contributed by atoms with Crippen LogP contribution in [0.5, 0.6) is 0 Å². The van der Waals surface area contributed by atoms with Crippen LogP contribution in [-0.4, -0.2) is 30.1 Å². The Morgan fingerprint density at radius 2 is 2.12 bits per heavy atom. The number of carbonyl (C=O) groups excluding carboxylic acids is 1. The van der Waals surface area contributed by atoms with Crippen LogP contribution in [0.3, 0.4) is 0 Å². The van der Waals surface area contributed by atoms with Crippen molar-refractivity contribution in [2.24, 2.45) is 10.9 Å². The van der Waals surface area contributed by atoms with Gasteiger partial charge in [0.25, 0.3) is 5.91 Å². The standard InChI is InChI=1S/C19H29N3O3/c1-8-13(4)18(16-11-21-25-15(16)6)24-17(20-7)10-9-14(5)19(23)22-12(2)3/h9-13,18H,5,8H2,1-4,6-7H3,(H,22,23)/b10-9-,20-17+. The van der Waals surface area contributed by atoms with Crippen molar-refractivity contribution in [3.8, 4) is 0 Å². The van der Waals surface area contributed by atoms with E-state index in [-0.39, 0.29) is 24.0 Å². The van der Waals surface area contributed by atoms with Gasteiger partial charge in [0.05, 0.1) is 11.8 Å². The third-order valence-corrected chi connectivity index (χ3v) is 3.86. The molecule has 0 bridgehead atoms. The average Bonchev–Trinajstić information content (AvgIpc) is 2.99. The van der Waals surface area contributed by atoms with E-state index in [9.17, 15) is 4.79 Å². The number of nitrogens with one attached hydrogen (secondary N) is 1. The lowest BCUT2D eigenvalue weighted by molar-refractivity contribution is -0.117. The number of rotatable bonds is 8. The Bertz CT molecular complexity index is 644. The van der Waals surface area contributed by atoms with Gasteiger partial charge in [0.15, 0.2) is 0 Å². The molecule has 0 aliphatic rings. The molecule has 1 amide bonds. The van der Waals surface area contributed by atoms with Gasteiger partial charge in [-0.1, -0.05) is 25.6 Å². The SMILES string of the molecule is C=C(/C=C\C(=N/C)OC(c1cnoc1C)C(C)CC)C(=O)NC(C)C. The fourth-order valence-corrected chi connectivity index (χ4v) is 2.18. The minimum Gasteiger partial charge on any atom is -0.469 e. The molecule has 0 fully saturated rings. The van der Waals surface area contributed by atoms with Crippen LogP contribution in [0.4, 0.5) is 0 Å². The normalized spacial score (nSPS) is 14.6. The zero-order valence-electron chi connectivity index (χ0n) is 16.0. The molecule has 0 aliphatic heterocycles. The number of nitrogens with zero attached hydrogens (tertiary/aromatic N) is 2. The lowest BCUT2D eigenvalue weighted by Crippen LogP contribution is -2.30. The van der Waals surface area contributed by atoms with Crippen LogP contribution in [0, 0.1) is 12.8 Å². The molecule has 0 radical (unpaired) electrons. The highest BCUT2D eigenvalue weighted by Gasteiger charge is 2.25. The molecular formula is C19H29N3O3. The summed E-state index contributed by atoms with van der Waals surface area (Å²) in [5.74, 6) is 1.18. The van der Waals surface area contributed by atoms with Crippen molar-refractivity contribution in [1.82, 2.24) is 10.5 Å². The van der Waals surface area contributed by atoms with Gasteiger partial charge in [-0.15, -0.1) is 0 Å². The second-order valence-corrected chi connectivity index (χ2v) is 6.31. The second kappa shape index (κ2) is 9.81. The summed E-state index contributed by atoms with van der Waals surface area (Å²) in [6.45, 7) is 13.6. The molecule has 1 heterocycles. The van der Waals surface area contributed by atoms with Crippen molar-refractivity contribution in [2.45, 2.75) is 53.2 Å². The van der Waals surface area contributed by atoms with Crippen LogP contribution in [0.2, 0.25) is 0 Å². The van der Waals surface area contributed by atoms with Crippen LogP contribution in [0.15, 0.2) is 40.0 Å². The zero-order chi connectivity index (χ0) is 19.0. The molecule has 2 atom stereocenters.